The van der Waals surface area contributed by atoms with Gasteiger partial charge in [0, 0.05) is 59.0 Å². The summed E-state index contributed by atoms with van der Waals surface area (Å²) in [4.78, 5) is 38.3. The van der Waals surface area contributed by atoms with Crippen molar-refractivity contribution in [1.29, 1.82) is 0 Å². The van der Waals surface area contributed by atoms with Crippen molar-refractivity contribution in [3.8, 4) is 41.1 Å². The Morgan fingerprint density at radius 2 is 1.67 bits per heavy atom. The number of esters is 1. The van der Waals surface area contributed by atoms with Crippen LogP contribution in [0.15, 0.2) is 92.5 Å². The van der Waals surface area contributed by atoms with Crippen molar-refractivity contribution < 1.29 is 47.2 Å². The minimum Gasteiger partial charge on any atom is -0.481 e. The van der Waals surface area contributed by atoms with E-state index in [4.69, 9.17) is 44.0 Å². The molecule has 0 fully saturated rings. The van der Waals surface area contributed by atoms with Gasteiger partial charge >= 0.3 is 17.8 Å². The molecule has 1 spiro atoms. The zero-order chi connectivity index (χ0) is 33.4. The molecule has 0 radical (unpaired) electrons. The minimum atomic E-state index is -1.33. The van der Waals surface area contributed by atoms with Crippen LogP contribution in [0.4, 0.5) is 4.79 Å². The molecule has 0 bridgehead atoms. The lowest BCUT2D eigenvalue weighted by atomic mass is 9.77. The first-order valence-corrected chi connectivity index (χ1v) is 15.2. The van der Waals surface area contributed by atoms with Crippen LogP contribution in [0.25, 0.3) is 11.0 Å². The summed E-state index contributed by atoms with van der Waals surface area (Å²) in [7, 11) is 1.48. The third kappa shape index (κ3) is 5.38. The number of fused-ring (bicyclic) bond motifs is 7. The second-order valence-electron chi connectivity index (χ2n) is 10.6. The lowest BCUT2D eigenvalue weighted by Gasteiger charge is -2.36. The Bertz CT molecular complexity index is 2220. The predicted octanol–water partition coefficient (Wildman–Crippen LogP) is 6.83. The molecule has 0 aliphatic carbocycles. The van der Waals surface area contributed by atoms with E-state index in [1.54, 1.807) is 48.5 Å². The molecule has 0 saturated heterocycles. The van der Waals surface area contributed by atoms with Gasteiger partial charge in [0.05, 0.1) is 10.0 Å². The van der Waals surface area contributed by atoms with Gasteiger partial charge in [-0.3, -0.25) is 0 Å². The van der Waals surface area contributed by atoms with Gasteiger partial charge in [-0.05, 0) is 52.3 Å². The van der Waals surface area contributed by atoms with Crippen LogP contribution < -0.4 is 24.6 Å². The van der Waals surface area contributed by atoms with Gasteiger partial charge in [0.1, 0.15) is 47.5 Å². The molecule has 11 nitrogen and oxygen atoms in total. The number of methoxy groups -OCH3 is 1. The Morgan fingerprint density at radius 1 is 0.917 bits per heavy atom. The summed E-state index contributed by atoms with van der Waals surface area (Å²) in [5.74, 6) is 3.51. The first-order valence-electron chi connectivity index (χ1n) is 14.4. The molecule has 7 rings (SSSR count). The largest absolute Gasteiger partial charge is 0.514 e. The van der Waals surface area contributed by atoms with Gasteiger partial charge in [0.15, 0.2) is 12.4 Å². The zero-order valence-corrected chi connectivity index (χ0v) is 26.7. The average Bonchev–Trinajstić information content (AvgIpc) is 3.37. The average molecular weight is 711 g/mol. The number of halogens is 1. The summed E-state index contributed by atoms with van der Waals surface area (Å²) in [6.45, 7) is -0.259. The molecule has 3 heterocycles. The first kappa shape index (κ1) is 30.9. The van der Waals surface area contributed by atoms with Crippen molar-refractivity contribution in [3.05, 3.63) is 122 Å². The Hall–Kier alpha value is -5.77. The lowest BCUT2D eigenvalue weighted by Crippen LogP contribution is -2.33. The van der Waals surface area contributed by atoms with E-state index in [2.05, 4.69) is 21.9 Å². The number of carbonyl (C=O) groups excluding carboxylic acids is 2. The number of rotatable bonds is 8. The van der Waals surface area contributed by atoms with Gasteiger partial charge < -0.3 is 37.6 Å². The van der Waals surface area contributed by atoms with Gasteiger partial charge in [0.2, 0.25) is 0 Å². The van der Waals surface area contributed by atoms with Crippen molar-refractivity contribution in [2.75, 3.05) is 20.5 Å². The molecule has 0 saturated carbocycles. The van der Waals surface area contributed by atoms with Gasteiger partial charge in [-0.2, -0.15) is 0 Å². The molecule has 4 aromatic carbocycles. The summed E-state index contributed by atoms with van der Waals surface area (Å²) >= 11 is 3.43. The second-order valence-corrected chi connectivity index (χ2v) is 11.4. The second kappa shape index (κ2) is 12.4. The van der Waals surface area contributed by atoms with Crippen molar-refractivity contribution >= 4 is 39.0 Å². The van der Waals surface area contributed by atoms with E-state index in [1.807, 2.05) is 12.1 Å². The maximum absolute atomic E-state index is 13.1. The van der Waals surface area contributed by atoms with Crippen LogP contribution in [0.2, 0.25) is 0 Å². The van der Waals surface area contributed by atoms with Crippen LogP contribution in [-0.2, 0) is 26.4 Å². The van der Waals surface area contributed by atoms with Crippen molar-refractivity contribution in [1.82, 2.24) is 0 Å². The third-order valence-corrected chi connectivity index (χ3v) is 8.36. The van der Waals surface area contributed by atoms with Crippen LogP contribution in [0.5, 0.6) is 28.7 Å². The highest BCUT2D eigenvalue weighted by Gasteiger charge is 2.53. The SMILES string of the molecule is C#CCOc1ccc2c(c1)Oc1cc(OC(=O)OCc3cc(=O)oc4cc(OCOC)c(Br)cc34)ccc1C21OC(=O)c2ccccc21. The Kier molecular flexibility index (Phi) is 8.00. The monoisotopic (exact) mass is 710 g/mol. The normalized spacial score (nSPS) is 15.4. The molecule has 240 valence electrons. The first-order chi connectivity index (χ1) is 23.3. The molecule has 1 atom stereocenters. The maximum Gasteiger partial charge on any atom is 0.514 e. The highest BCUT2D eigenvalue weighted by atomic mass is 79.9. The predicted molar refractivity (Wildman–Crippen MR) is 173 cm³/mol. The number of terminal acetylenes is 1. The Morgan fingerprint density at radius 3 is 2.44 bits per heavy atom. The molecule has 48 heavy (non-hydrogen) atoms. The molecule has 1 aromatic heterocycles. The Balaban J connectivity index is 1.17. The number of ether oxygens (including phenoxy) is 7. The standard InChI is InChI=1S/C36H23BrO11/c1-3-12-42-21-8-10-26-30(14-21)46-31-15-22(9-11-27(31)36(26)25-7-5-4-6-23(25)34(39)48-36)45-35(40)43-18-20-13-33(38)47-29-17-32(44-19-41-2)28(37)16-24(20)29/h1,4-11,13-17H,12,18-19H2,2H3. The zero-order valence-electron chi connectivity index (χ0n) is 25.1. The van der Waals surface area contributed by atoms with Gasteiger partial charge in [-0.25, -0.2) is 14.4 Å². The molecule has 2 aliphatic heterocycles. The smallest absolute Gasteiger partial charge is 0.481 e. The van der Waals surface area contributed by atoms with Crippen molar-refractivity contribution in [3.63, 3.8) is 0 Å². The maximum atomic E-state index is 13.1. The molecule has 0 amide bonds. The van der Waals surface area contributed by atoms with Gasteiger partial charge in [-0.15, -0.1) is 6.42 Å². The van der Waals surface area contributed by atoms with Gasteiger partial charge in [0.25, 0.3) is 0 Å². The summed E-state index contributed by atoms with van der Waals surface area (Å²) < 4.78 is 45.2. The molecular weight excluding hydrogens is 688 g/mol. The number of hydrogen-bond donors (Lipinski definition) is 0. The molecular formula is C36H23BrO11. The number of carbonyl (C=O) groups is 2. The highest BCUT2D eigenvalue weighted by molar-refractivity contribution is 9.10. The highest BCUT2D eigenvalue weighted by Crippen LogP contribution is 2.57. The molecule has 1 unspecified atom stereocenters. The van der Waals surface area contributed by atoms with Crippen LogP contribution in [0, 0.1) is 12.3 Å². The topological polar surface area (TPSA) is 129 Å². The summed E-state index contributed by atoms with van der Waals surface area (Å²) in [5, 5.41) is 0.516. The molecule has 2 aliphatic rings. The molecule has 0 N–H and O–H groups in total. The van der Waals surface area contributed by atoms with E-state index < -0.39 is 23.4 Å². The molecule has 12 heteroatoms. The number of hydrogen-bond acceptors (Lipinski definition) is 11. The Labute approximate surface area is 281 Å². The van der Waals surface area contributed by atoms with Crippen LogP contribution in [-0.4, -0.2) is 32.6 Å². The molecule has 5 aromatic rings. The van der Waals surface area contributed by atoms with Crippen LogP contribution in [0.1, 0.15) is 32.6 Å². The third-order valence-electron chi connectivity index (χ3n) is 7.74. The quantitative estimate of drug-likeness (QED) is 0.0552. The summed E-state index contributed by atoms with van der Waals surface area (Å²) in [5.41, 5.74) is 0.791. The fourth-order valence-electron chi connectivity index (χ4n) is 5.76. The van der Waals surface area contributed by atoms with Crippen molar-refractivity contribution in [2.24, 2.45) is 0 Å². The van der Waals surface area contributed by atoms with E-state index >= 15 is 0 Å². The van der Waals surface area contributed by atoms with E-state index in [9.17, 15) is 14.4 Å². The van der Waals surface area contributed by atoms with E-state index in [1.165, 1.54) is 25.3 Å². The fourth-order valence-corrected chi connectivity index (χ4v) is 6.22. The lowest BCUT2D eigenvalue weighted by molar-refractivity contribution is 0.0224. The fraction of sp³-hybridized carbons (Fsp3) is 0.139. The van der Waals surface area contributed by atoms with Crippen LogP contribution in [0.3, 0.4) is 0 Å². The minimum absolute atomic E-state index is 0.00931. The summed E-state index contributed by atoms with van der Waals surface area (Å²) in [6, 6.07) is 21.4. The number of benzene rings is 4. The van der Waals surface area contributed by atoms with E-state index in [0.717, 1.165) is 0 Å². The summed E-state index contributed by atoms with van der Waals surface area (Å²) in [6.07, 6.45) is 4.33. The van der Waals surface area contributed by atoms with E-state index in [0.29, 0.717) is 54.9 Å². The van der Waals surface area contributed by atoms with E-state index in [-0.39, 0.29) is 37.1 Å². The van der Waals surface area contributed by atoms with Crippen LogP contribution >= 0.6 is 15.9 Å². The van der Waals surface area contributed by atoms with Crippen molar-refractivity contribution in [2.45, 2.75) is 12.2 Å². The van der Waals surface area contributed by atoms with Gasteiger partial charge in [-0.1, -0.05) is 24.1 Å².